The van der Waals surface area contributed by atoms with Crippen LogP contribution < -0.4 is 5.73 Å². The number of rotatable bonds is 3. The number of carboxylic acid groups (broad SMARTS) is 1. The second-order valence-corrected chi connectivity index (χ2v) is 3.73. The lowest BCUT2D eigenvalue weighted by molar-refractivity contribution is -0.136. The monoisotopic (exact) mass is 228 g/mol. The summed E-state index contributed by atoms with van der Waals surface area (Å²) in [6.07, 6.45) is 3.26. The summed E-state index contributed by atoms with van der Waals surface area (Å²) in [6, 6.07) is 9.16. The third-order valence-electron chi connectivity index (χ3n) is 2.45. The molecule has 3 N–H and O–H groups in total. The van der Waals surface area contributed by atoms with Crippen LogP contribution in [0.2, 0.25) is 0 Å². The van der Waals surface area contributed by atoms with Crippen molar-refractivity contribution in [1.29, 1.82) is 0 Å². The molecule has 0 bridgehead atoms. The number of pyridine rings is 1. The molecule has 86 valence electrons. The van der Waals surface area contributed by atoms with E-state index in [2.05, 4.69) is 4.98 Å². The Morgan fingerprint density at radius 3 is 2.88 bits per heavy atom. The van der Waals surface area contributed by atoms with Gasteiger partial charge in [0, 0.05) is 11.8 Å². The van der Waals surface area contributed by atoms with Crippen molar-refractivity contribution in [3.63, 3.8) is 0 Å². The van der Waals surface area contributed by atoms with Gasteiger partial charge in [-0.2, -0.15) is 0 Å². The van der Waals surface area contributed by atoms with Crippen LogP contribution in [0.15, 0.2) is 42.7 Å². The number of nitrogen functional groups attached to an aromatic ring is 1. The third-order valence-corrected chi connectivity index (χ3v) is 2.45. The highest BCUT2D eigenvalue weighted by Crippen LogP contribution is 2.25. The average Bonchev–Trinajstić information content (AvgIpc) is 2.29. The van der Waals surface area contributed by atoms with E-state index in [0.717, 1.165) is 16.7 Å². The highest BCUT2D eigenvalue weighted by Gasteiger charge is 2.05. The van der Waals surface area contributed by atoms with Crippen molar-refractivity contribution in [2.75, 3.05) is 5.73 Å². The van der Waals surface area contributed by atoms with Gasteiger partial charge in [-0.05, 0) is 17.2 Å². The minimum Gasteiger partial charge on any atom is -0.481 e. The summed E-state index contributed by atoms with van der Waals surface area (Å²) in [5, 5.41) is 8.75. The van der Waals surface area contributed by atoms with Crippen LogP contribution in [-0.2, 0) is 11.2 Å². The Balaban J connectivity index is 2.40. The second-order valence-electron chi connectivity index (χ2n) is 3.73. The first kappa shape index (κ1) is 11.1. The highest BCUT2D eigenvalue weighted by atomic mass is 16.4. The van der Waals surface area contributed by atoms with Crippen molar-refractivity contribution in [1.82, 2.24) is 4.98 Å². The smallest absolute Gasteiger partial charge is 0.307 e. The summed E-state index contributed by atoms with van der Waals surface area (Å²) in [6.45, 7) is 0. The predicted molar refractivity (Wildman–Crippen MR) is 65.4 cm³/mol. The fraction of sp³-hybridized carbons (Fsp3) is 0.0769. The molecule has 1 aromatic heterocycles. The number of anilines is 1. The normalized spacial score (nSPS) is 10.1. The van der Waals surface area contributed by atoms with Crippen molar-refractivity contribution < 1.29 is 9.90 Å². The number of aromatic nitrogens is 1. The van der Waals surface area contributed by atoms with Gasteiger partial charge >= 0.3 is 5.97 Å². The van der Waals surface area contributed by atoms with E-state index < -0.39 is 5.97 Å². The third kappa shape index (κ3) is 2.60. The number of carbonyl (C=O) groups is 1. The molecule has 17 heavy (non-hydrogen) atoms. The summed E-state index contributed by atoms with van der Waals surface area (Å²) in [4.78, 5) is 14.6. The van der Waals surface area contributed by atoms with Crippen LogP contribution in [0.25, 0.3) is 11.1 Å². The van der Waals surface area contributed by atoms with Crippen LogP contribution in [0.4, 0.5) is 5.69 Å². The van der Waals surface area contributed by atoms with Gasteiger partial charge < -0.3 is 10.8 Å². The Bertz CT molecular complexity index is 553. The number of nitrogens with zero attached hydrogens (tertiary/aromatic N) is 1. The standard InChI is InChI=1S/C13H12N2O2/c14-12-8-15-5-4-11(12)10-3-1-2-9(6-10)7-13(16)17/h1-6,8H,7,14H2,(H,16,17). The quantitative estimate of drug-likeness (QED) is 0.841. The van der Waals surface area contributed by atoms with Crippen LogP contribution in [0.5, 0.6) is 0 Å². The van der Waals surface area contributed by atoms with Crippen LogP contribution in [0.3, 0.4) is 0 Å². The largest absolute Gasteiger partial charge is 0.481 e. The predicted octanol–water partition coefficient (Wildman–Crippen LogP) is 1.96. The van der Waals surface area contributed by atoms with E-state index in [1.54, 1.807) is 18.5 Å². The molecule has 0 atom stereocenters. The molecule has 4 heteroatoms. The number of hydrogen-bond acceptors (Lipinski definition) is 3. The van der Waals surface area contributed by atoms with Crippen molar-refractivity contribution in [2.24, 2.45) is 0 Å². The molecule has 2 rings (SSSR count). The Labute approximate surface area is 98.7 Å². The summed E-state index contributed by atoms with van der Waals surface area (Å²) < 4.78 is 0. The molecule has 0 amide bonds. The van der Waals surface area contributed by atoms with E-state index in [0.29, 0.717) is 5.69 Å². The minimum absolute atomic E-state index is 0.0127. The molecule has 0 aliphatic heterocycles. The Morgan fingerprint density at radius 1 is 1.35 bits per heavy atom. The van der Waals surface area contributed by atoms with Crippen molar-refractivity contribution in [3.8, 4) is 11.1 Å². The van der Waals surface area contributed by atoms with Crippen molar-refractivity contribution in [2.45, 2.75) is 6.42 Å². The lowest BCUT2D eigenvalue weighted by Crippen LogP contribution is -2.00. The Hall–Kier alpha value is -2.36. The molecule has 0 saturated carbocycles. The molecule has 0 fully saturated rings. The molecular weight excluding hydrogens is 216 g/mol. The number of benzene rings is 1. The van der Waals surface area contributed by atoms with Gasteiger partial charge in [0.05, 0.1) is 18.3 Å². The van der Waals surface area contributed by atoms with Gasteiger partial charge in [0.15, 0.2) is 0 Å². The molecule has 0 aliphatic carbocycles. The molecule has 2 aromatic rings. The summed E-state index contributed by atoms with van der Waals surface area (Å²) in [7, 11) is 0. The average molecular weight is 228 g/mol. The minimum atomic E-state index is -0.843. The van der Waals surface area contributed by atoms with E-state index >= 15 is 0 Å². The van der Waals surface area contributed by atoms with Crippen LogP contribution in [0.1, 0.15) is 5.56 Å². The van der Waals surface area contributed by atoms with Gasteiger partial charge in [-0.25, -0.2) is 0 Å². The summed E-state index contributed by atoms with van der Waals surface area (Å²) >= 11 is 0. The van der Waals surface area contributed by atoms with Gasteiger partial charge in [-0.15, -0.1) is 0 Å². The zero-order valence-electron chi connectivity index (χ0n) is 9.13. The van der Waals surface area contributed by atoms with Crippen LogP contribution in [0, 0.1) is 0 Å². The number of carboxylic acids is 1. The maximum Gasteiger partial charge on any atom is 0.307 e. The molecule has 0 radical (unpaired) electrons. The van der Waals surface area contributed by atoms with Gasteiger partial charge in [-0.1, -0.05) is 24.3 Å². The fourth-order valence-electron chi connectivity index (χ4n) is 1.69. The van der Waals surface area contributed by atoms with Crippen molar-refractivity contribution in [3.05, 3.63) is 48.3 Å². The number of hydrogen-bond donors (Lipinski definition) is 2. The molecule has 0 spiro atoms. The maximum atomic E-state index is 10.6. The van der Waals surface area contributed by atoms with E-state index in [4.69, 9.17) is 10.8 Å². The van der Waals surface area contributed by atoms with Gasteiger partial charge in [0.2, 0.25) is 0 Å². The van der Waals surface area contributed by atoms with Gasteiger partial charge in [0.1, 0.15) is 0 Å². The lowest BCUT2D eigenvalue weighted by Gasteiger charge is -2.06. The van der Waals surface area contributed by atoms with E-state index in [9.17, 15) is 4.79 Å². The molecule has 1 heterocycles. The van der Waals surface area contributed by atoms with Crippen LogP contribution in [-0.4, -0.2) is 16.1 Å². The molecule has 4 nitrogen and oxygen atoms in total. The molecule has 0 saturated heterocycles. The summed E-state index contributed by atoms with van der Waals surface area (Å²) in [5.41, 5.74) is 8.94. The number of aliphatic carboxylic acids is 1. The molecule has 0 aliphatic rings. The van der Waals surface area contributed by atoms with Gasteiger partial charge in [-0.3, -0.25) is 9.78 Å². The maximum absolute atomic E-state index is 10.6. The first-order valence-electron chi connectivity index (χ1n) is 5.17. The first-order chi connectivity index (χ1) is 8.16. The fourth-order valence-corrected chi connectivity index (χ4v) is 1.69. The summed E-state index contributed by atoms with van der Waals surface area (Å²) in [5.74, 6) is -0.843. The number of nitrogens with two attached hydrogens (primary N) is 1. The highest BCUT2D eigenvalue weighted by molar-refractivity contribution is 5.77. The lowest BCUT2D eigenvalue weighted by atomic mass is 10.0. The van der Waals surface area contributed by atoms with Gasteiger partial charge in [0.25, 0.3) is 0 Å². The van der Waals surface area contributed by atoms with Crippen LogP contribution >= 0.6 is 0 Å². The Kier molecular flexibility index (Phi) is 3.05. The van der Waals surface area contributed by atoms with E-state index in [-0.39, 0.29) is 6.42 Å². The zero-order chi connectivity index (χ0) is 12.3. The van der Waals surface area contributed by atoms with Crippen molar-refractivity contribution >= 4 is 11.7 Å². The van der Waals surface area contributed by atoms with E-state index in [1.165, 1.54) is 0 Å². The molecule has 1 aromatic carbocycles. The van der Waals surface area contributed by atoms with E-state index in [1.807, 2.05) is 24.3 Å². The first-order valence-corrected chi connectivity index (χ1v) is 5.17. The molecular formula is C13H12N2O2. The Morgan fingerprint density at radius 2 is 2.18 bits per heavy atom. The zero-order valence-corrected chi connectivity index (χ0v) is 9.13. The SMILES string of the molecule is Nc1cnccc1-c1cccc(CC(=O)O)c1. The second kappa shape index (κ2) is 4.65. The topological polar surface area (TPSA) is 76.2 Å². The molecule has 0 unspecified atom stereocenters.